The van der Waals surface area contributed by atoms with Crippen LogP contribution in [0.3, 0.4) is 0 Å². The summed E-state index contributed by atoms with van der Waals surface area (Å²) in [5.74, 6) is 0.678. The molecule has 1 aliphatic carbocycles. The van der Waals surface area contributed by atoms with Crippen molar-refractivity contribution >= 4 is 10.8 Å². The number of hydrogen-bond donors (Lipinski definition) is 0. The van der Waals surface area contributed by atoms with Crippen molar-refractivity contribution in [3.05, 3.63) is 64.8 Å². The Kier molecular flexibility index (Phi) is 3.81. The molecule has 1 fully saturated rings. The fraction of sp³-hybridized carbons (Fsp3) is 0.375. The Hall–Kier alpha value is -2.15. The van der Waals surface area contributed by atoms with Crippen LogP contribution in [0.2, 0.25) is 0 Å². The molecule has 0 aliphatic heterocycles. The Morgan fingerprint density at radius 3 is 2.52 bits per heavy atom. The molecule has 1 aliphatic rings. The maximum absolute atomic E-state index is 8.73. The van der Waals surface area contributed by atoms with E-state index in [1.54, 1.807) is 0 Å². The van der Waals surface area contributed by atoms with Crippen molar-refractivity contribution in [2.45, 2.75) is 52.4 Å². The first kappa shape index (κ1) is 15.1. The molecule has 3 aromatic rings. The number of rotatable bonds is 2. The van der Waals surface area contributed by atoms with Crippen LogP contribution in [0.4, 0.5) is 0 Å². The molecule has 0 N–H and O–H groups in total. The predicted octanol–water partition coefficient (Wildman–Crippen LogP) is 5.91. The number of fused-ring (bicyclic) bond motifs is 1. The van der Waals surface area contributed by atoms with Crippen LogP contribution >= 0.6 is 0 Å². The lowest BCUT2D eigenvalue weighted by Gasteiger charge is -2.14. The molecule has 0 spiro atoms. The highest BCUT2D eigenvalue weighted by atomic mass is 14.9. The maximum atomic E-state index is 8.73. The Balaban J connectivity index is 2.02. The van der Waals surface area contributed by atoms with Crippen molar-refractivity contribution in [2.75, 3.05) is 0 Å². The average Bonchev–Trinajstić information content (AvgIpc) is 3.17. The summed E-state index contributed by atoms with van der Waals surface area (Å²) in [5, 5.41) is 2.29. The highest BCUT2D eigenvalue weighted by Crippen LogP contribution is 2.37. The molecule has 0 radical (unpaired) electrons. The van der Waals surface area contributed by atoms with E-state index in [0.717, 1.165) is 11.1 Å². The number of pyridine rings is 1. The van der Waals surface area contributed by atoms with Crippen molar-refractivity contribution in [3.63, 3.8) is 0 Å². The zero-order chi connectivity index (χ0) is 18.4. The first-order valence-electron chi connectivity index (χ1n) is 9.98. The molecule has 2 aromatic carbocycles. The average molecular weight is 332 g/mol. The summed E-state index contributed by atoms with van der Waals surface area (Å²) < 4.78 is 10.9. The first-order valence-corrected chi connectivity index (χ1v) is 9.48. The minimum atomic E-state index is 0.663. The maximum Gasteiger partial charge on any atom is 0.220 e. The number of nitrogens with zero attached hydrogens (tertiary/aromatic N) is 1. The van der Waals surface area contributed by atoms with E-state index in [-0.39, 0.29) is 0 Å². The summed E-state index contributed by atoms with van der Waals surface area (Å²) in [6, 6.07) is 14.2. The van der Waals surface area contributed by atoms with E-state index in [0.29, 0.717) is 12.0 Å². The minimum Gasteiger partial charge on any atom is -0.198 e. The van der Waals surface area contributed by atoms with Gasteiger partial charge in [-0.3, -0.25) is 0 Å². The third kappa shape index (κ3) is 2.86. The standard InChI is InChI=1S/C24H28N/c1-16-9-10-17(2)23(13-16)24-22-12-11-20(19-7-5-6-8-19)15-21(22)14-18(3)25(24)4/h9-15,19H,5-8H2,1-4H3/q+1/i14D. The Morgan fingerprint density at radius 1 is 1.00 bits per heavy atom. The second kappa shape index (κ2) is 6.29. The van der Waals surface area contributed by atoms with Crippen molar-refractivity contribution < 1.29 is 5.94 Å². The number of hydrogen-bond acceptors (Lipinski definition) is 0. The largest absolute Gasteiger partial charge is 0.220 e. The SMILES string of the molecule is [2H]c1c(C)[n+](C)c(-c2cc(C)ccc2C)c2ccc(C3CCCC3)cc12. The molecule has 1 aromatic heterocycles. The van der Waals surface area contributed by atoms with E-state index in [1.807, 2.05) is 0 Å². The van der Waals surface area contributed by atoms with Crippen molar-refractivity contribution in [1.29, 1.82) is 0 Å². The van der Waals surface area contributed by atoms with Gasteiger partial charge in [0.15, 0.2) is 5.69 Å². The van der Waals surface area contributed by atoms with Crippen LogP contribution in [-0.4, -0.2) is 0 Å². The summed E-state index contributed by atoms with van der Waals surface area (Å²) >= 11 is 0. The van der Waals surface area contributed by atoms with Gasteiger partial charge in [0.25, 0.3) is 0 Å². The molecule has 4 rings (SSSR count). The molecule has 1 heterocycles. The van der Waals surface area contributed by atoms with Gasteiger partial charge in [0.2, 0.25) is 5.69 Å². The van der Waals surface area contributed by atoms with Crippen LogP contribution in [0, 0.1) is 20.8 Å². The second-order valence-corrected chi connectivity index (χ2v) is 7.72. The topological polar surface area (TPSA) is 3.88 Å². The third-order valence-corrected chi connectivity index (χ3v) is 5.93. The van der Waals surface area contributed by atoms with E-state index in [4.69, 9.17) is 1.37 Å². The molecular formula is C24H28N+. The Morgan fingerprint density at radius 2 is 1.76 bits per heavy atom. The zero-order valence-electron chi connectivity index (χ0n) is 16.8. The van der Waals surface area contributed by atoms with Crippen LogP contribution < -0.4 is 4.57 Å². The van der Waals surface area contributed by atoms with Gasteiger partial charge in [-0.25, -0.2) is 0 Å². The number of aryl methyl sites for hydroxylation is 2. The molecule has 128 valence electrons. The molecule has 1 heteroatoms. The summed E-state index contributed by atoms with van der Waals surface area (Å²) in [4.78, 5) is 0. The summed E-state index contributed by atoms with van der Waals surface area (Å²) in [6.07, 6.45) is 5.27. The normalized spacial score (nSPS) is 15.8. The quantitative estimate of drug-likeness (QED) is 0.514. The molecule has 25 heavy (non-hydrogen) atoms. The van der Waals surface area contributed by atoms with Gasteiger partial charge in [0, 0.05) is 18.5 Å². The van der Waals surface area contributed by atoms with Crippen molar-refractivity contribution in [3.8, 4) is 11.3 Å². The molecule has 1 saturated carbocycles. The van der Waals surface area contributed by atoms with E-state index >= 15 is 0 Å². The van der Waals surface area contributed by atoms with Crippen LogP contribution in [0.1, 0.15) is 55.4 Å². The van der Waals surface area contributed by atoms with Crippen LogP contribution in [0.25, 0.3) is 22.0 Å². The Bertz CT molecular complexity index is 997. The summed E-state index contributed by atoms with van der Waals surface area (Å²) in [5.41, 5.74) is 7.50. The van der Waals surface area contributed by atoms with Gasteiger partial charge in [0.1, 0.15) is 7.05 Å². The molecule has 0 bridgehead atoms. The number of aromatic nitrogens is 1. The van der Waals surface area contributed by atoms with E-state index in [9.17, 15) is 0 Å². The van der Waals surface area contributed by atoms with Crippen LogP contribution in [0.5, 0.6) is 0 Å². The predicted molar refractivity (Wildman–Crippen MR) is 106 cm³/mol. The lowest BCUT2D eigenvalue weighted by atomic mass is 9.92. The van der Waals surface area contributed by atoms with E-state index in [1.165, 1.54) is 59.0 Å². The highest BCUT2D eigenvalue weighted by Gasteiger charge is 2.22. The monoisotopic (exact) mass is 331 g/mol. The van der Waals surface area contributed by atoms with E-state index < -0.39 is 0 Å². The molecule has 1 nitrogen and oxygen atoms in total. The molecular weight excluding hydrogens is 302 g/mol. The van der Waals surface area contributed by atoms with Gasteiger partial charge in [-0.15, -0.1) is 0 Å². The van der Waals surface area contributed by atoms with Crippen LogP contribution in [0.15, 0.2) is 42.4 Å². The molecule has 0 saturated heterocycles. The molecule has 0 amide bonds. The first-order chi connectivity index (χ1) is 12.5. The number of benzene rings is 2. The smallest absolute Gasteiger partial charge is 0.198 e. The van der Waals surface area contributed by atoms with Gasteiger partial charge >= 0.3 is 0 Å². The fourth-order valence-electron chi connectivity index (χ4n) is 4.33. The Labute approximate surface area is 152 Å². The van der Waals surface area contributed by atoms with E-state index in [2.05, 4.69) is 68.8 Å². The summed E-state index contributed by atoms with van der Waals surface area (Å²) in [7, 11) is 2.09. The molecule has 0 atom stereocenters. The van der Waals surface area contributed by atoms with Gasteiger partial charge in [-0.1, -0.05) is 42.7 Å². The van der Waals surface area contributed by atoms with Gasteiger partial charge in [-0.2, -0.15) is 4.57 Å². The lowest BCUT2D eigenvalue weighted by molar-refractivity contribution is -0.665. The highest BCUT2D eigenvalue weighted by molar-refractivity contribution is 5.94. The summed E-state index contributed by atoms with van der Waals surface area (Å²) in [6.45, 7) is 6.39. The third-order valence-electron chi connectivity index (χ3n) is 5.93. The lowest BCUT2D eigenvalue weighted by Crippen LogP contribution is -2.35. The fourth-order valence-corrected chi connectivity index (χ4v) is 4.33. The second-order valence-electron chi connectivity index (χ2n) is 7.72. The van der Waals surface area contributed by atoms with Gasteiger partial charge in [-0.05, 0) is 61.3 Å². The molecule has 0 unspecified atom stereocenters. The van der Waals surface area contributed by atoms with Crippen LogP contribution in [-0.2, 0) is 7.05 Å². The van der Waals surface area contributed by atoms with Gasteiger partial charge < -0.3 is 0 Å². The van der Waals surface area contributed by atoms with Crippen molar-refractivity contribution in [1.82, 2.24) is 0 Å². The van der Waals surface area contributed by atoms with Crippen molar-refractivity contribution in [2.24, 2.45) is 7.05 Å². The van der Waals surface area contributed by atoms with Gasteiger partial charge in [0.05, 0.1) is 6.76 Å². The minimum absolute atomic E-state index is 0.663. The zero-order valence-corrected chi connectivity index (χ0v) is 15.8.